The predicted octanol–water partition coefficient (Wildman–Crippen LogP) is 4.77. The molecule has 2 aromatic rings. The summed E-state index contributed by atoms with van der Waals surface area (Å²) in [4.78, 5) is 25.6. The van der Waals surface area contributed by atoms with E-state index in [1.807, 2.05) is 19.9 Å². The minimum Gasteiger partial charge on any atom is -0.445 e. The number of carbonyl (C=O) groups is 2. The van der Waals surface area contributed by atoms with Gasteiger partial charge in [0.2, 0.25) is 5.91 Å². The van der Waals surface area contributed by atoms with Crippen LogP contribution < -0.4 is 10.6 Å². The fraction of sp³-hybridized carbons (Fsp3) is 0.517. The Morgan fingerprint density at radius 2 is 1.74 bits per heavy atom. The maximum absolute atomic E-state index is 13.5. The van der Waals surface area contributed by atoms with Crippen molar-refractivity contribution in [2.24, 2.45) is 22.7 Å². The van der Waals surface area contributed by atoms with Gasteiger partial charge < -0.3 is 20.3 Å². The molecule has 4 rings (SSSR count). The number of aliphatic hydroxyl groups is 2. The topological polar surface area (TPSA) is 108 Å². The fourth-order valence-corrected chi connectivity index (χ4v) is 6.76. The molecular weight excluding hydrogens is 494 g/mol. The summed E-state index contributed by atoms with van der Waals surface area (Å²) in [6, 6.07) is 12.1. The quantitative estimate of drug-likeness (QED) is 0.412. The van der Waals surface area contributed by atoms with E-state index in [1.54, 1.807) is 24.3 Å². The molecule has 0 heterocycles. The summed E-state index contributed by atoms with van der Waals surface area (Å²) in [5.41, 5.74) is -0.345. The maximum Gasteiger partial charge on any atom is 0.411 e. The second-order valence-corrected chi connectivity index (χ2v) is 11.2. The number of benzene rings is 2. The standard InChI is InChI=1S/C29H36F2N2O5/c1-28-11-10-25(38-27(37)33-21-6-4-3-5-7-21)29(2,17-34)24(28)9-8-23(35)22(28)15-26(36)32-16-18-12-19(30)14-20(31)13-18/h3-7,12-14,22-25,34-35H,8-11,15-17H2,1-2H3,(H,32,36)(H,33,37). The minimum atomic E-state index is -0.769. The molecule has 38 heavy (non-hydrogen) atoms. The van der Waals surface area contributed by atoms with Crippen LogP contribution in [0.3, 0.4) is 0 Å². The van der Waals surface area contributed by atoms with E-state index in [2.05, 4.69) is 10.6 Å². The van der Waals surface area contributed by atoms with Gasteiger partial charge in [0.15, 0.2) is 0 Å². The molecule has 206 valence electrons. The lowest BCUT2D eigenvalue weighted by Gasteiger charge is -2.60. The van der Waals surface area contributed by atoms with E-state index in [1.165, 1.54) is 0 Å². The van der Waals surface area contributed by atoms with Crippen LogP contribution in [0.15, 0.2) is 48.5 Å². The third-order valence-corrected chi connectivity index (χ3v) is 8.76. The summed E-state index contributed by atoms with van der Waals surface area (Å²) in [5.74, 6) is -2.26. The first-order chi connectivity index (χ1) is 18.0. The molecule has 2 amide bonds. The molecule has 7 nitrogen and oxygen atoms in total. The highest BCUT2D eigenvalue weighted by Crippen LogP contribution is 2.61. The molecule has 0 spiro atoms. The zero-order chi connectivity index (χ0) is 27.5. The van der Waals surface area contributed by atoms with Gasteiger partial charge in [-0.2, -0.15) is 0 Å². The zero-order valence-electron chi connectivity index (χ0n) is 21.8. The minimum absolute atomic E-state index is 0.0305. The Kier molecular flexibility index (Phi) is 8.37. The van der Waals surface area contributed by atoms with Gasteiger partial charge >= 0.3 is 6.09 Å². The Morgan fingerprint density at radius 3 is 2.39 bits per heavy atom. The number of carbonyl (C=O) groups excluding carboxylic acids is 2. The maximum atomic E-state index is 13.5. The molecule has 0 radical (unpaired) electrons. The van der Waals surface area contributed by atoms with Crippen molar-refractivity contribution in [2.45, 2.75) is 64.7 Å². The van der Waals surface area contributed by atoms with Crippen molar-refractivity contribution in [1.82, 2.24) is 5.32 Å². The summed E-state index contributed by atoms with van der Waals surface area (Å²) in [6.07, 6.45) is 0.331. The van der Waals surface area contributed by atoms with E-state index in [-0.39, 0.29) is 31.4 Å². The number of halogens is 2. The number of amides is 2. The van der Waals surface area contributed by atoms with Crippen molar-refractivity contribution < 1.29 is 33.3 Å². The number of hydrogen-bond acceptors (Lipinski definition) is 5. The lowest BCUT2D eigenvalue weighted by Crippen LogP contribution is -2.61. The SMILES string of the molecule is CC1(CO)C(OC(=O)Nc2ccccc2)CCC2(C)C(CC(=O)NCc3cc(F)cc(F)c3)C(O)CCC12. The smallest absolute Gasteiger partial charge is 0.411 e. The number of rotatable bonds is 7. The monoisotopic (exact) mass is 530 g/mol. The highest BCUT2D eigenvalue weighted by molar-refractivity contribution is 5.84. The van der Waals surface area contributed by atoms with Crippen LogP contribution >= 0.6 is 0 Å². The molecule has 2 aromatic carbocycles. The van der Waals surface area contributed by atoms with Crippen LogP contribution in [0, 0.1) is 34.3 Å². The first kappa shape index (κ1) is 28.0. The van der Waals surface area contributed by atoms with Gasteiger partial charge in [-0.15, -0.1) is 0 Å². The summed E-state index contributed by atoms with van der Waals surface area (Å²) in [6.45, 7) is 3.70. The lowest BCUT2D eigenvalue weighted by molar-refractivity contribution is -0.185. The molecule has 0 aromatic heterocycles. The molecule has 0 bridgehead atoms. The van der Waals surface area contributed by atoms with E-state index in [0.29, 0.717) is 36.9 Å². The third-order valence-electron chi connectivity index (χ3n) is 8.76. The Balaban J connectivity index is 1.45. The van der Waals surface area contributed by atoms with E-state index in [4.69, 9.17) is 4.74 Å². The van der Waals surface area contributed by atoms with Crippen molar-refractivity contribution in [3.05, 3.63) is 65.7 Å². The van der Waals surface area contributed by atoms with Gasteiger partial charge in [-0.3, -0.25) is 10.1 Å². The first-order valence-corrected chi connectivity index (χ1v) is 13.1. The van der Waals surface area contributed by atoms with Gasteiger partial charge in [-0.05, 0) is 72.8 Å². The second-order valence-electron chi connectivity index (χ2n) is 11.2. The first-order valence-electron chi connectivity index (χ1n) is 13.1. The number of anilines is 1. The number of para-hydroxylation sites is 1. The van der Waals surface area contributed by atoms with Crippen LogP contribution in [0.25, 0.3) is 0 Å². The van der Waals surface area contributed by atoms with Gasteiger partial charge in [0.25, 0.3) is 0 Å². The summed E-state index contributed by atoms with van der Waals surface area (Å²) in [7, 11) is 0. The van der Waals surface area contributed by atoms with E-state index in [0.717, 1.165) is 18.2 Å². The molecule has 2 aliphatic rings. The van der Waals surface area contributed by atoms with Crippen LogP contribution in [0.4, 0.5) is 19.3 Å². The fourth-order valence-electron chi connectivity index (χ4n) is 6.76. The van der Waals surface area contributed by atoms with Gasteiger partial charge in [-0.1, -0.05) is 32.0 Å². The number of nitrogens with one attached hydrogen (secondary N) is 2. The van der Waals surface area contributed by atoms with Crippen LogP contribution in [-0.4, -0.2) is 41.0 Å². The number of hydrogen-bond donors (Lipinski definition) is 4. The Morgan fingerprint density at radius 1 is 1.05 bits per heavy atom. The molecule has 6 unspecified atom stereocenters. The molecule has 9 heteroatoms. The predicted molar refractivity (Wildman–Crippen MR) is 138 cm³/mol. The van der Waals surface area contributed by atoms with Gasteiger partial charge in [0.1, 0.15) is 17.7 Å². The third kappa shape index (κ3) is 5.83. The number of fused-ring (bicyclic) bond motifs is 1. The summed E-state index contributed by atoms with van der Waals surface area (Å²) in [5, 5.41) is 27.0. The normalized spacial score (nSPS) is 30.7. The molecule has 4 N–H and O–H groups in total. The van der Waals surface area contributed by atoms with Crippen molar-refractivity contribution in [2.75, 3.05) is 11.9 Å². The highest BCUT2D eigenvalue weighted by atomic mass is 19.1. The van der Waals surface area contributed by atoms with Gasteiger partial charge in [-0.25, -0.2) is 13.6 Å². The van der Waals surface area contributed by atoms with E-state index < -0.39 is 46.7 Å². The number of ether oxygens (including phenoxy) is 1. The summed E-state index contributed by atoms with van der Waals surface area (Å²) >= 11 is 0. The number of aliphatic hydroxyl groups excluding tert-OH is 2. The molecule has 2 saturated carbocycles. The Hall–Kier alpha value is -3.04. The lowest BCUT2D eigenvalue weighted by atomic mass is 9.46. The average molecular weight is 531 g/mol. The van der Waals surface area contributed by atoms with Gasteiger partial charge in [0, 0.05) is 30.1 Å². The van der Waals surface area contributed by atoms with Crippen LogP contribution in [-0.2, 0) is 16.1 Å². The van der Waals surface area contributed by atoms with Crippen LogP contribution in [0.2, 0.25) is 0 Å². The van der Waals surface area contributed by atoms with Crippen LogP contribution in [0.5, 0.6) is 0 Å². The van der Waals surface area contributed by atoms with Crippen molar-refractivity contribution in [1.29, 1.82) is 0 Å². The van der Waals surface area contributed by atoms with Crippen molar-refractivity contribution >= 4 is 17.7 Å². The van der Waals surface area contributed by atoms with Crippen LogP contribution in [0.1, 0.15) is 51.5 Å². The molecule has 0 aliphatic heterocycles. The Labute approximate surface area is 221 Å². The second kappa shape index (κ2) is 11.4. The van der Waals surface area contributed by atoms with Crippen molar-refractivity contribution in [3.8, 4) is 0 Å². The highest BCUT2D eigenvalue weighted by Gasteiger charge is 2.60. The molecule has 6 atom stereocenters. The summed E-state index contributed by atoms with van der Waals surface area (Å²) < 4.78 is 32.8. The average Bonchev–Trinajstić information content (AvgIpc) is 2.87. The van der Waals surface area contributed by atoms with Gasteiger partial charge in [0.05, 0.1) is 12.7 Å². The molecule has 2 aliphatic carbocycles. The van der Waals surface area contributed by atoms with E-state index >= 15 is 0 Å². The van der Waals surface area contributed by atoms with Crippen molar-refractivity contribution in [3.63, 3.8) is 0 Å². The molecular formula is C29H36F2N2O5. The largest absolute Gasteiger partial charge is 0.445 e. The van der Waals surface area contributed by atoms with E-state index in [9.17, 15) is 28.6 Å². The zero-order valence-corrected chi connectivity index (χ0v) is 21.8. The molecule has 0 saturated heterocycles. The molecule has 2 fully saturated rings. The Bertz CT molecular complexity index is 1130.